The van der Waals surface area contributed by atoms with Gasteiger partial charge in [0, 0.05) is 36.4 Å². The van der Waals surface area contributed by atoms with Gasteiger partial charge in [0.05, 0.1) is 6.61 Å². The molecule has 1 aromatic rings. The largest absolute Gasteiger partial charge is 0.508 e. The number of aliphatic hydroxyl groups is 1. The van der Waals surface area contributed by atoms with E-state index in [1.807, 2.05) is 18.2 Å². The molecule has 0 aliphatic carbocycles. The summed E-state index contributed by atoms with van der Waals surface area (Å²) in [6.45, 7) is 8.91. The lowest BCUT2D eigenvalue weighted by molar-refractivity contribution is 0.301. The van der Waals surface area contributed by atoms with E-state index in [0.29, 0.717) is 12.3 Å². The van der Waals surface area contributed by atoms with Gasteiger partial charge in [0.1, 0.15) is 5.75 Å². The molecule has 0 bridgehead atoms. The third-order valence-electron chi connectivity index (χ3n) is 3.70. The number of benzene rings is 1. The molecule has 0 amide bonds. The maximum atomic E-state index is 10.3. The van der Waals surface area contributed by atoms with Crippen molar-refractivity contribution in [2.45, 2.75) is 46.1 Å². The Kier molecular flexibility index (Phi) is 8.16. The molecule has 1 atom stereocenters. The third kappa shape index (κ3) is 5.56. The fourth-order valence-electron chi connectivity index (χ4n) is 2.41. The zero-order valence-electron chi connectivity index (χ0n) is 13.6. The second-order valence-corrected chi connectivity index (χ2v) is 5.48. The molecule has 0 radical (unpaired) electrons. The van der Waals surface area contributed by atoms with Gasteiger partial charge in [0.25, 0.3) is 0 Å². The van der Waals surface area contributed by atoms with Gasteiger partial charge in [-0.25, -0.2) is 0 Å². The minimum atomic E-state index is 0.126. The van der Waals surface area contributed by atoms with Crippen LogP contribution in [0.5, 0.6) is 5.75 Å². The van der Waals surface area contributed by atoms with Crippen LogP contribution >= 0.6 is 0 Å². The van der Waals surface area contributed by atoms with Crippen molar-refractivity contribution in [2.75, 3.05) is 31.1 Å². The van der Waals surface area contributed by atoms with Crippen LogP contribution in [0.3, 0.4) is 0 Å². The van der Waals surface area contributed by atoms with Crippen molar-refractivity contribution < 1.29 is 10.2 Å². The molecule has 4 heteroatoms. The molecular weight excluding hydrogens is 264 g/mol. The average molecular weight is 294 g/mol. The predicted octanol–water partition coefficient (Wildman–Crippen LogP) is 3.05. The van der Waals surface area contributed by atoms with Crippen LogP contribution in [-0.2, 0) is 0 Å². The Balaban J connectivity index is 2.83. The second-order valence-electron chi connectivity index (χ2n) is 5.48. The number of rotatable bonds is 10. The van der Waals surface area contributed by atoms with Crippen LogP contribution < -0.4 is 10.2 Å². The number of aromatic hydroxyl groups is 1. The van der Waals surface area contributed by atoms with Crippen LogP contribution in [-0.4, -0.2) is 36.5 Å². The predicted molar refractivity (Wildman–Crippen MR) is 89.0 cm³/mol. The summed E-state index contributed by atoms with van der Waals surface area (Å²) < 4.78 is 0. The summed E-state index contributed by atoms with van der Waals surface area (Å²) in [5, 5.41) is 22.9. The summed E-state index contributed by atoms with van der Waals surface area (Å²) in [7, 11) is 0. The molecular formula is C17H30N2O2. The van der Waals surface area contributed by atoms with Gasteiger partial charge >= 0.3 is 0 Å². The number of anilines is 1. The van der Waals surface area contributed by atoms with Crippen LogP contribution in [0.25, 0.3) is 0 Å². The number of aliphatic hydroxyl groups excluding tert-OH is 1. The van der Waals surface area contributed by atoms with Gasteiger partial charge in [-0.1, -0.05) is 26.3 Å². The van der Waals surface area contributed by atoms with E-state index in [-0.39, 0.29) is 12.6 Å². The van der Waals surface area contributed by atoms with Crippen molar-refractivity contribution in [3.8, 4) is 5.75 Å². The highest BCUT2D eigenvalue weighted by atomic mass is 16.3. The van der Waals surface area contributed by atoms with Gasteiger partial charge in [-0.05, 0) is 32.4 Å². The monoisotopic (exact) mass is 294 g/mol. The first kappa shape index (κ1) is 17.8. The van der Waals surface area contributed by atoms with Crippen molar-refractivity contribution in [3.05, 3.63) is 23.8 Å². The molecule has 21 heavy (non-hydrogen) atoms. The summed E-state index contributed by atoms with van der Waals surface area (Å²) in [6, 6.07) is 5.96. The van der Waals surface area contributed by atoms with Gasteiger partial charge in [-0.3, -0.25) is 0 Å². The van der Waals surface area contributed by atoms with Crippen LogP contribution in [0.1, 0.15) is 51.6 Å². The first-order valence-electron chi connectivity index (χ1n) is 8.06. The quantitative estimate of drug-likeness (QED) is 0.621. The summed E-state index contributed by atoms with van der Waals surface area (Å²) in [5.41, 5.74) is 1.90. The Morgan fingerprint density at radius 3 is 2.52 bits per heavy atom. The third-order valence-corrected chi connectivity index (χ3v) is 3.70. The molecule has 120 valence electrons. The topological polar surface area (TPSA) is 55.7 Å². The van der Waals surface area contributed by atoms with Crippen molar-refractivity contribution >= 4 is 5.69 Å². The minimum absolute atomic E-state index is 0.126. The molecule has 0 aliphatic rings. The standard InChI is InChI=1S/C17H30N2O2/c1-4-6-10-19(11-12-20)15-7-8-16(17(21)13-15)14(3)18-9-5-2/h7-8,13-14,18,20-21H,4-6,9-12H2,1-3H3. The van der Waals surface area contributed by atoms with Crippen LogP contribution in [0.2, 0.25) is 0 Å². The zero-order valence-corrected chi connectivity index (χ0v) is 13.6. The molecule has 1 rings (SSSR count). The highest BCUT2D eigenvalue weighted by Gasteiger charge is 2.12. The maximum absolute atomic E-state index is 10.3. The number of hydrogen-bond donors (Lipinski definition) is 3. The van der Waals surface area contributed by atoms with E-state index in [4.69, 9.17) is 0 Å². The van der Waals surface area contributed by atoms with Crippen molar-refractivity contribution in [2.24, 2.45) is 0 Å². The lowest BCUT2D eigenvalue weighted by Crippen LogP contribution is -2.27. The Morgan fingerprint density at radius 1 is 1.19 bits per heavy atom. The van der Waals surface area contributed by atoms with Crippen molar-refractivity contribution in [1.29, 1.82) is 0 Å². The fourth-order valence-corrected chi connectivity index (χ4v) is 2.41. The average Bonchev–Trinajstić information content (AvgIpc) is 2.48. The van der Waals surface area contributed by atoms with Crippen LogP contribution in [0.4, 0.5) is 5.69 Å². The maximum Gasteiger partial charge on any atom is 0.122 e. The van der Waals surface area contributed by atoms with Gasteiger partial charge < -0.3 is 20.4 Å². The van der Waals surface area contributed by atoms with E-state index < -0.39 is 0 Å². The molecule has 1 aromatic carbocycles. The Morgan fingerprint density at radius 2 is 1.95 bits per heavy atom. The Bertz CT molecular complexity index is 410. The van der Waals surface area contributed by atoms with Gasteiger partial charge in [-0.15, -0.1) is 0 Å². The van der Waals surface area contributed by atoms with Crippen molar-refractivity contribution in [3.63, 3.8) is 0 Å². The molecule has 0 aliphatic heterocycles. The fraction of sp³-hybridized carbons (Fsp3) is 0.647. The molecule has 1 unspecified atom stereocenters. The molecule has 0 aromatic heterocycles. The molecule has 0 saturated carbocycles. The van der Waals surface area contributed by atoms with Gasteiger partial charge in [0.15, 0.2) is 0 Å². The molecule has 0 saturated heterocycles. The van der Waals surface area contributed by atoms with E-state index in [1.165, 1.54) is 0 Å². The zero-order chi connectivity index (χ0) is 15.7. The summed E-state index contributed by atoms with van der Waals surface area (Å²) in [4.78, 5) is 2.12. The lowest BCUT2D eigenvalue weighted by Gasteiger charge is -2.25. The first-order chi connectivity index (χ1) is 10.1. The highest BCUT2D eigenvalue weighted by molar-refractivity contribution is 5.54. The summed E-state index contributed by atoms with van der Waals surface area (Å²) >= 11 is 0. The number of unbranched alkanes of at least 4 members (excludes halogenated alkanes) is 1. The van der Waals surface area contributed by atoms with Crippen LogP contribution in [0.15, 0.2) is 18.2 Å². The SMILES string of the molecule is CCCCN(CCO)c1ccc(C(C)NCCC)c(O)c1. The summed E-state index contributed by atoms with van der Waals surface area (Å²) in [6.07, 6.45) is 3.27. The molecule has 3 N–H and O–H groups in total. The minimum Gasteiger partial charge on any atom is -0.508 e. The molecule has 0 spiro atoms. The number of nitrogens with zero attached hydrogens (tertiary/aromatic N) is 1. The molecule has 0 fully saturated rings. The smallest absolute Gasteiger partial charge is 0.122 e. The van der Waals surface area contributed by atoms with E-state index >= 15 is 0 Å². The van der Waals surface area contributed by atoms with Gasteiger partial charge in [-0.2, -0.15) is 0 Å². The van der Waals surface area contributed by atoms with Crippen molar-refractivity contribution in [1.82, 2.24) is 5.32 Å². The Labute approximate surface area is 128 Å². The van der Waals surface area contributed by atoms with Gasteiger partial charge in [0.2, 0.25) is 0 Å². The second kappa shape index (κ2) is 9.64. The number of nitrogens with one attached hydrogen (secondary N) is 1. The van der Waals surface area contributed by atoms with E-state index in [9.17, 15) is 10.2 Å². The van der Waals surface area contributed by atoms with E-state index in [1.54, 1.807) is 0 Å². The lowest BCUT2D eigenvalue weighted by atomic mass is 10.1. The highest BCUT2D eigenvalue weighted by Crippen LogP contribution is 2.29. The van der Waals surface area contributed by atoms with Crippen LogP contribution in [0, 0.1) is 0 Å². The Hall–Kier alpha value is -1.26. The summed E-state index contributed by atoms with van der Waals surface area (Å²) in [5.74, 6) is 0.322. The normalized spacial score (nSPS) is 12.4. The van der Waals surface area contributed by atoms with E-state index in [0.717, 1.165) is 43.6 Å². The molecule has 0 heterocycles. The van der Waals surface area contributed by atoms with E-state index in [2.05, 4.69) is 31.0 Å². The number of hydrogen-bond acceptors (Lipinski definition) is 4. The number of phenolic OH excluding ortho intramolecular Hbond substituents is 1. The first-order valence-corrected chi connectivity index (χ1v) is 8.06. The number of phenols is 1. The molecule has 4 nitrogen and oxygen atoms in total.